The number of carbonyl (C=O) groups is 1. The van der Waals surface area contributed by atoms with E-state index in [1.165, 1.54) is 12.0 Å². The minimum absolute atomic E-state index is 0.284. The second-order valence-corrected chi connectivity index (χ2v) is 6.02. The van der Waals surface area contributed by atoms with E-state index in [0.717, 1.165) is 25.9 Å². The van der Waals surface area contributed by atoms with Crippen LogP contribution >= 0.6 is 11.3 Å². The van der Waals surface area contributed by atoms with Crippen LogP contribution in [0.1, 0.15) is 51.1 Å². The zero-order valence-electron chi connectivity index (χ0n) is 11.9. The summed E-state index contributed by atoms with van der Waals surface area (Å²) >= 11 is 1.76. The number of likely N-dealkylation sites (tertiary alicyclic amines) is 1. The van der Waals surface area contributed by atoms with Gasteiger partial charge in [-0.3, -0.25) is 4.79 Å². The van der Waals surface area contributed by atoms with Crippen molar-refractivity contribution < 1.29 is 4.79 Å². The number of nitrogens with zero attached hydrogens (tertiary/aromatic N) is 1. The Morgan fingerprint density at radius 3 is 3.05 bits per heavy atom. The molecule has 2 rings (SSSR count). The number of hydrogen-bond acceptors (Lipinski definition) is 3. The van der Waals surface area contributed by atoms with Crippen molar-refractivity contribution >= 4 is 17.2 Å². The summed E-state index contributed by atoms with van der Waals surface area (Å²) in [4.78, 5) is 13.7. The molecule has 1 amide bonds. The van der Waals surface area contributed by atoms with Crippen molar-refractivity contribution in [2.75, 3.05) is 13.1 Å². The molecule has 0 aromatic carbocycles. The second kappa shape index (κ2) is 7.06. The summed E-state index contributed by atoms with van der Waals surface area (Å²) in [6.45, 7) is 5.95. The van der Waals surface area contributed by atoms with E-state index in [1.54, 1.807) is 11.3 Å². The molecule has 1 saturated heterocycles. The van der Waals surface area contributed by atoms with Crippen molar-refractivity contribution in [1.29, 1.82) is 0 Å². The summed E-state index contributed by atoms with van der Waals surface area (Å²) in [6, 6.07) is 3.10. The van der Waals surface area contributed by atoms with Crippen LogP contribution in [0.2, 0.25) is 0 Å². The van der Waals surface area contributed by atoms with Gasteiger partial charge in [0.25, 0.3) is 0 Å². The lowest BCUT2D eigenvalue weighted by molar-refractivity contribution is -0.129. The molecule has 106 valence electrons. The highest BCUT2D eigenvalue weighted by Crippen LogP contribution is 2.23. The van der Waals surface area contributed by atoms with E-state index in [9.17, 15) is 4.79 Å². The van der Waals surface area contributed by atoms with Crippen LogP contribution in [0.25, 0.3) is 0 Å². The van der Waals surface area contributed by atoms with Gasteiger partial charge in [-0.1, -0.05) is 20.3 Å². The van der Waals surface area contributed by atoms with Gasteiger partial charge in [0, 0.05) is 31.6 Å². The second-order valence-electron chi connectivity index (χ2n) is 5.24. The third kappa shape index (κ3) is 3.80. The van der Waals surface area contributed by atoms with Crippen LogP contribution < -0.4 is 5.32 Å². The molecule has 1 fully saturated rings. The molecule has 4 heteroatoms. The predicted molar refractivity (Wildman–Crippen MR) is 80.4 cm³/mol. The number of amides is 1. The lowest BCUT2D eigenvalue weighted by Gasteiger charge is -2.22. The van der Waals surface area contributed by atoms with E-state index in [-0.39, 0.29) is 5.91 Å². The Kier molecular flexibility index (Phi) is 5.40. The molecule has 0 spiro atoms. The standard InChI is InChI=1S/C15H24N2OS/c1-3-5-14(12-7-9-19-11-12)16-13-6-8-17(10-13)15(18)4-2/h7,9,11,13-14,16H,3-6,8,10H2,1-2H3/t13-,14+/m0/s1. The predicted octanol–water partition coefficient (Wildman–Crippen LogP) is 3.19. The van der Waals surface area contributed by atoms with Crippen molar-refractivity contribution in [3.05, 3.63) is 22.4 Å². The molecule has 2 heterocycles. The van der Waals surface area contributed by atoms with E-state index in [2.05, 4.69) is 29.1 Å². The highest BCUT2D eigenvalue weighted by atomic mass is 32.1. The summed E-state index contributed by atoms with van der Waals surface area (Å²) < 4.78 is 0. The van der Waals surface area contributed by atoms with Crippen molar-refractivity contribution in [2.45, 2.75) is 51.6 Å². The molecule has 1 aliphatic rings. The zero-order chi connectivity index (χ0) is 13.7. The quantitative estimate of drug-likeness (QED) is 0.868. The lowest BCUT2D eigenvalue weighted by Crippen LogP contribution is -2.36. The molecule has 0 bridgehead atoms. The van der Waals surface area contributed by atoms with E-state index >= 15 is 0 Å². The van der Waals surface area contributed by atoms with Gasteiger partial charge in [-0.2, -0.15) is 11.3 Å². The van der Waals surface area contributed by atoms with E-state index in [1.807, 2.05) is 11.8 Å². The van der Waals surface area contributed by atoms with Crippen LogP contribution in [0.15, 0.2) is 16.8 Å². The van der Waals surface area contributed by atoms with Crippen LogP contribution in [0.5, 0.6) is 0 Å². The Morgan fingerprint density at radius 1 is 1.58 bits per heavy atom. The van der Waals surface area contributed by atoms with Gasteiger partial charge in [0.1, 0.15) is 0 Å². The Hall–Kier alpha value is -0.870. The SMILES string of the molecule is CCC[C@@H](N[C@H]1CCN(C(=O)CC)C1)c1ccsc1. The summed E-state index contributed by atoms with van der Waals surface area (Å²) in [6.07, 6.45) is 4.04. The Bertz CT molecular complexity index is 391. The summed E-state index contributed by atoms with van der Waals surface area (Å²) in [5, 5.41) is 8.11. The van der Waals surface area contributed by atoms with Crippen LogP contribution in [-0.4, -0.2) is 29.9 Å². The van der Waals surface area contributed by atoms with Crippen LogP contribution in [-0.2, 0) is 4.79 Å². The van der Waals surface area contributed by atoms with Gasteiger partial charge >= 0.3 is 0 Å². The van der Waals surface area contributed by atoms with Gasteiger partial charge < -0.3 is 10.2 Å². The fourth-order valence-electron chi connectivity index (χ4n) is 2.74. The number of hydrogen-bond donors (Lipinski definition) is 1. The topological polar surface area (TPSA) is 32.3 Å². The molecule has 1 aliphatic heterocycles. The minimum atomic E-state index is 0.284. The maximum atomic E-state index is 11.7. The van der Waals surface area contributed by atoms with E-state index in [0.29, 0.717) is 18.5 Å². The zero-order valence-corrected chi connectivity index (χ0v) is 12.7. The first kappa shape index (κ1) is 14.5. The first-order valence-corrected chi connectivity index (χ1v) is 8.24. The molecule has 1 N–H and O–H groups in total. The average Bonchev–Trinajstić information content (AvgIpc) is 3.08. The summed E-state index contributed by atoms with van der Waals surface area (Å²) in [7, 11) is 0. The molecule has 2 atom stereocenters. The van der Waals surface area contributed by atoms with Crippen LogP contribution in [0.3, 0.4) is 0 Å². The number of carbonyl (C=O) groups excluding carboxylic acids is 1. The van der Waals surface area contributed by atoms with Crippen molar-refractivity contribution in [3.63, 3.8) is 0 Å². The molecule has 19 heavy (non-hydrogen) atoms. The largest absolute Gasteiger partial charge is 0.341 e. The van der Waals surface area contributed by atoms with E-state index < -0.39 is 0 Å². The monoisotopic (exact) mass is 280 g/mol. The number of rotatable bonds is 6. The minimum Gasteiger partial charge on any atom is -0.341 e. The van der Waals surface area contributed by atoms with Gasteiger partial charge in [0.15, 0.2) is 0 Å². The molecule has 1 aromatic rings. The van der Waals surface area contributed by atoms with E-state index in [4.69, 9.17) is 0 Å². The first-order valence-electron chi connectivity index (χ1n) is 7.30. The third-order valence-corrected chi connectivity index (χ3v) is 4.50. The van der Waals surface area contributed by atoms with Crippen LogP contribution in [0, 0.1) is 0 Å². The Balaban J connectivity index is 1.90. The van der Waals surface area contributed by atoms with Crippen molar-refractivity contribution in [3.8, 4) is 0 Å². The maximum Gasteiger partial charge on any atom is 0.222 e. The molecule has 0 saturated carbocycles. The highest BCUT2D eigenvalue weighted by molar-refractivity contribution is 7.07. The molecule has 0 radical (unpaired) electrons. The molecule has 0 unspecified atom stereocenters. The molecule has 1 aromatic heterocycles. The number of thiophene rings is 1. The summed E-state index contributed by atoms with van der Waals surface area (Å²) in [5.41, 5.74) is 1.40. The fraction of sp³-hybridized carbons (Fsp3) is 0.667. The number of nitrogens with one attached hydrogen (secondary N) is 1. The molecular weight excluding hydrogens is 256 g/mol. The maximum absolute atomic E-state index is 11.7. The molecule has 3 nitrogen and oxygen atoms in total. The normalized spacial score (nSPS) is 20.7. The summed E-state index contributed by atoms with van der Waals surface area (Å²) in [5.74, 6) is 0.284. The Labute approximate surface area is 120 Å². The van der Waals surface area contributed by atoms with Crippen molar-refractivity contribution in [1.82, 2.24) is 10.2 Å². The van der Waals surface area contributed by atoms with Gasteiger partial charge in [-0.15, -0.1) is 0 Å². The van der Waals surface area contributed by atoms with Gasteiger partial charge in [0.05, 0.1) is 0 Å². The van der Waals surface area contributed by atoms with Gasteiger partial charge in [0.2, 0.25) is 5.91 Å². The highest BCUT2D eigenvalue weighted by Gasteiger charge is 2.27. The van der Waals surface area contributed by atoms with Gasteiger partial charge in [-0.05, 0) is 35.2 Å². The molecule has 0 aliphatic carbocycles. The lowest BCUT2D eigenvalue weighted by atomic mass is 10.0. The Morgan fingerprint density at radius 2 is 2.42 bits per heavy atom. The third-order valence-electron chi connectivity index (χ3n) is 3.80. The first-order chi connectivity index (χ1) is 9.24. The smallest absolute Gasteiger partial charge is 0.222 e. The van der Waals surface area contributed by atoms with Crippen molar-refractivity contribution in [2.24, 2.45) is 0 Å². The average molecular weight is 280 g/mol. The molecular formula is C15H24N2OS. The fourth-order valence-corrected chi connectivity index (χ4v) is 3.45. The van der Waals surface area contributed by atoms with Gasteiger partial charge in [-0.25, -0.2) is 0 Å². The van der Waals surface area contributed by atoms with Crippen LogP contribution in [0.4, 0.5) is 0 Å².